The summed E-state index contributed by atoms with van der Waals surface area (Å²) >= 11 is 1.46. The number of thioether (sulfide) groups is 1. The van der Waals surface area contributed by atoms with Crippen LogP contribution >= 0.6 is 11.8 Å². The number of amidine groups is 1. The number of carbonyl (C=O) groups excluding carboxylic acids is 1. The molecule has 0 saturated heterocycles. The molecule has 0 fully saturated rings. The van der Waals surface area contributed by atoms with E-state index in [9.17, 15) is 4.79 Å². The molecule has 2 aromatic carbocycles. The Hall–Kier alpha value is -2.92. The fraction of sp³-hybridized carbons (Fsp3) is 0.0500. The number of rotatable bonds is 2. The maximum atomic E-state index is 13.0. The van der Waals surface area contributed by atoms with E-state index in [1.807, 2.05) is 66.9 Å². The minimum absolute atomic E-state index is 0.133. The molecule has 4 rings (SSSR count). The normalized spacial score (nSPS) is 15.9. The molecule has 3 aromatic rings. The highest BCUT2D eigenvalue weighted by Gasteiger charge is 2.32. The van der Waals surface area contributed by atoms with E-state index in [1.165, 1.54) is 11.8 Å². The lowest BCUT2D eigenvalue weighted by molar-refractivity contribution is -0.113. The second-order valence-corrected chi connectivity index (χ2v) is 6.29. The minimum Gasteiger partial charge on any atom is -0.266 e. The van der Waals surface area contributed by atoms with Crippen LogP contribution in [0.5, 0.6) is 0 Å². The molecule has 0 radical (unpaired) electrons. The van der Waals surface area contributed by atoms with E-state index in [0.29, 0.717) is 10.9 Å². The van der Waals surface area contributed by atoms with Gasteiger partial charge in [-0.1, -0.05) is 54.2 Å². The van der Waals surface area contributed by atoms with Gasteiger partial charge in [0.05, 0.1) is 11.4 Å². The fourth-order valence-corrected chi connectivity index (χ4v) is 3.40. The number of aliphatic imine (C=N–C) groups is 1. The van der Waals surface area contributed by atoms with Gasteiger partial charge < -0.3 is 0 Å². The predicted molar refractivity (Wildman–Crippen MR) is 105 cm³/mol. The van der Waals surface area contributed by atoms with Gasteiger partial charge in [-0.3, -0.25) is 14.7 Å². The second kappa shape index (κ2) is 6.53. The van der Waals surface area contributed by atoms with Crippen LogP contribution in [0.25, 0.3) is 16.8 Å². The maximum absolute atomic E-state index is 13.0. The monoisotopic (exact) mass is 345 g/mol. The first kappa shape index (κ1) is 15.6. The van der Waals surface area contributed by atoms with Crippen LogP contribution in [0.1, 0.15) is 5.69 Å². The Bertz CT molecular complexity index is 1010. The minimum atomic E-state index is -0.133. The molecular formula is C20H15N3OS. The van der Waals surface area contributed by atoms with E-state index in [-0.39, 0.29) is 5.91 Å². The summed E-state index contributed by atoms with van der Waals surface area (Å²) in [5.74, 6) is -0.133. The Morgan fingerprint density at radius 2 is 1.80 bits per heavy atom. The second-order valence-electron chi connectivity index (χ2n) is 5.52. The molecule has 1 amide bonds. The van der Waals surface area contributed by atoms with E-state index in [0.717, 1.165) is 22.2 Å². The average molecular weight is 345 g/mol. The summed E-state index contributed by atoms with van der Waals surface area (Å²) in [6, 6.07) is 19.6. The summed E-state index contributed by atoms with van der Waals surface area (Å²) in [6.45, 7) is 0. The van der Waals surface area contributed by atoms with Gasteiger partial charge in [-0.05, 0) is 35.9 Å². The van der Waals surface area contributed by atoms with Crippen LogP contribution in [-0.2, 0) is 4.79 Å². The zero-order valence-corrected chi connectivity index (χ0v) is 14.4. The summed E-state index contributed by atoms with van der Waals surface area (Å²) in [5, 5.41) is 2.79. The first-order valence-electron chi connectivity index (χ1n) is 7.85. The van der Waals surface area contributed by atoms with Crippen molar-refractivity contribution in [3.63, 3.8) is 0 Å². The largest absolute Gasteiger partial charge is 0.283 e. The lowest BCUT2D eigenvalue weighted by atomic mass is 10.1. The van der Waals surface area contributed by atoms with Crippen LogP contribution in [0.4, 0.5) is 5.69 Å². The zero-order valence-electron chi connectivity index (χ0n) is 13.6. The number of pyridine rings is 1. The van der Waals surface area contributed by atoms with Gasteiger partial charge in [-0.2, -0.15) is 0 Å². The molecule has 0 spiro atoms. The van der Waals surface area contributed by atoms with Crippen molar-refractivity contribution >= 4 is 45.4 Å². The van der Waals surface area contributed by atoms with Crippen LogP contribution < -0.4 is 4.90 Å². The van der Waals surface area contributed by atoms with Crippen molar-refractivity contribution in [1.29, 1.82) is 0 Å². The summed E-state index contributed by atoms with van der Waals surface area (Å²) in [5.41, 5.74) is 1.96. The lowest BCUT2D eigenvalue weighted by Gasteiger charge is -2.19. The molecule has 0 bridgehead atoms. The van der Waals surface area contributed by atoms with Crippen molar-refractivity contribution in [2.75, 3.05) is 11.2 Å². The number of aromatic nitrogens is 1. The topological polar surface area (TPSA) is 45.6 Å². The number of anilines is 1. The summed E-state index contributed by atoms with van der Waals surface area (Å²) in [6.07, 6.45) is 5.35. The highest BCUT2D eigenvalue weighted by molar-refractivity contribution is 8.13. The number of amides is 1. The molecule has 4 nitrogen and oxygen atoms in total. The number of benzene rings is 2. The molecule has 0 N–H and O–H groups in total. The highest BCUT2D eigenvalue weighted by atomic mass is 32.2. The standard InChI is InChI=1S/C20H15N3OS/c1-25-20-22-17(13-15-9-4-5-12-21-15)19(24)23(20)18-11-6-8-14-7-2-3-10-16(14)18/h2-13H,1H3/b17-13-. The fourth-order valence-electron chi connectivity index (χ4n) is 2.85. The van der Waals surface area contributed by atoms with Crippen LogP contribution in [0.2, 0.25) is 0 Å². The average Bonchev–Trinajstić information content (AvgIpc) is 2.97. The Labute approximate surface area is 149 Å². The molecule has 1 aliphatic heterocycles. The van der Waals surface area contributed by atoms with E-state index in [2.05, 4.69) is 9.98 Å². The third-order valence-electron chi connectivity index (χ3n) is 3.99. The first-order valence-corrected chi connectivity index (χ1v) is 9.08. The molecule has 1 aromatic heterocycles. The number of carbonyl (C=O) groups is 1. The first-order chi connectivity index (χ1) is 12.3. The van der Waals surface area contributed by atoms with Crippen LogP contribution in [0.15, 0.2) is 77.5 Å². The van der Waals surface area contributed by atoms with E-state index in [1.54, 1.807) is 17.2 Å². The van der Waals surface area contributed by atoms with Gasteiger partial charge in [-0.15, -0.1) is 0 Å². The molecule has 2 heterocycles. The zero-order chi connectivity index (χ0) is 17.2. The molecule has 122 valence electrons. The van der Waals surface area contributed by atoms with Gasteiger partial charge in [0.1, 0.15) is 5.70 Å². The Kier molecular flexibility index (Phi) is 4.07. The number of hydrogen-bond acceptors (Lipinski definition) is 4. The Morgan fingerprint density at radius 1 is 1.00 bits per heavy atom. The molecule has 5 heteroatoms. The van der Waals surface area contributed by atoms with Gasteiger partial charge in [0.25, 0.3) is 5.91 Å². The van der Waals surface area contributed by atoms with E-state index in [4.69, 9.17) is 0 Å². The number of nitrogens with zero attached hydrogens (tertiary/aromatic N) is 3. The molecule has 1 aliphatic rings. The number of hydrogen-bond donors (Lipinski definition) is 0. The van der Waals surface area contributed by atoms with Gasteiger partial charge in [-0.25, -0.2) is 4.99 Å². The van der Waals surface area contributed by atoms with Gasteiger partial charge in [0, 0.05) is 11.6 Å². The number of fused-ring (bicyclic) bond motifs is 1. The van der Waals surface area contributed by atoms with Crippen LogP contribution in [0, 0.1) is 0 Å². The molecule has 0 atom stereocenters. The Balaban J connectivity index is 1.82. The molecule has 25 heavy (non-hydrogen) atoms. The summed E-state index contributed by atoms with van der Waals surface area (Å²) in [4.78, 5) is 23.5. The highest BCUT2D eigenvalue weighted by Crippen LogP contribution is 2.33. The van der Waals surface area contributed by atoms with Gasteiger partial charge in [0.15, 0.2) is 5.17 Å². The van der Waals surface area contributed by atoms with Crippen molar-refractivity contribution in [3.05, 3.63) is 78.3 Å². The molecule has 0 aliphatic carbocycles. The van der Waals surface area contributed by atoms with E-state index >= 15 is 0 Å². The van der Waals surface area contributed by atoms with Crippen molar-refractivity contribution in [2.24, 2.45) is 4.99 Å². The summed E-state index contributed by atoms with van der Waals surface area (Å²) < 4.78 is 0. The maximum Gasteiger partial charge on any atom is 0.283 e. The summed E-state index contributed by atoms with van der Waals surface area (Å²) in [7, 11) is 0. The third-order valence-corrected chi connectivity index (χ3v) is 4.63. The lowest BCUT2D eigenvalue weighted by Crippen LogP contribution is -2.30. The van der Waals surface area contributed by atoms with Crippen molar-refractivity contribution in [3.8, 4) is 0 Å². The van der Waals surface area contributed by atoms with Crippen LogP contribution in [-0.4, -0.2) is 22.3 Å². The van der Waals surface area contributed by atoms with Crippen molar-refractivity contribution in [1.82, 2.24) is 4.98 Å². The van der Waals surface area contributed by atoms with Gasteiger partial charge >= 0.3 is 0 Å². The smallest absolute Gasteiger partial charge is 0.266 e. The van der Waals surface area contributed by atoms with Gasteiger partial charge in [0.2, 0.25) is 0 Å². The quantitative estimate of drug-likeness (QED) is 0.649. The predicted octanol–water partition coefficient (Wildman–Crippen LogP) is 4.34. The molecular weight excluding hydrogens is 330 g/mol. The van der Waals surface area contributed by atoms with Crippen LogP contribution in [0.3, 0.4) is 0 Å². The molecule has 0 saturated carbocycles. The molecule has 0 unspecified atom stereocenters. The third kappa shape index (κ3) is 2.83. The van der Waals surface area contributed by atoms with E-state index < -0.39 is 0 Å². The van der Waals surface area contributed by atoms with Crippen molar-refractivity contribution in [2.45, 2.75) is 0 Å². The SMILES string of the molecule is CSC1=N/C(=C\c2ccccn2)C(=O)N1c1cccc2ccccc12. The Morgan fingerprint density at radius 3 is 2.60 bits per heavy atom. The van der Waals surface area contributed by atoms with Crippen molar-refractivity contribution < 1.29 is 4.79 Å².